The molecule has 1 aromatic heterocycles. The Kier molecular flexibility index (Phi) is 3.82. The van der Waals surface area contributed by atoms with Crippen molar-refractivity contribution in [2.24, 2.45) is 0 Å². The molecule has 0 spiro atoms. The second-order valence-electron chi connectivity index (χ2n) is 4.89. The summed E-state index contributed by atoms with van der Waals surface area (Å²) in [6.07, 6.45) is 0. The summed E-state index contributed by atoms with van der Waals surface area (Å²) >= 11 is -2.36. The molecule has 1 N–H and O–H groups in total. The third kappa shape index (κ3) is 2.95. The number of oxazole rings is 1. The van der Waals surface area contributed by atoms with Gasteiger partial charge in [-0.3, -0.25) is 4.55 Å². The first-order chi connectivity index (χ1) is 10.5. The maximum atomic E-state index is 10.7. The first-order valence-corrected chi connectivity index (χ1v) is 7.53. The fraction of sp³-hybridized carbons (Fsp3) is 0.133. The highest BCUT2D eigenvalue weighted by atomic mass is 32.2. The van der Waals surface area contributed by atoms with E-state index >= 15 is 0 Å². The monoisotopic (exact) mass is 318 g/mol. The minimum atomic E-state index is -2.36. The van der Waals surface area contributed by atoms with Crippen LogP contribution in [0.5, 0.6) is 5.75 Å². The molecule has 0 aliphatic rings. The molecule has 0 fully saturated rings. The Bertz CT molecular complexity index is 827. The molecule has 3 aromatic rings. The predicted molar refractivity (Wildman–Crippen MR) is 85.2 cm³/mol. The van der Waals surface area contributed by atoms with E-state index < -0.39 is 11.4 Å². The molecule has 1 atom stereocenters. The Morgan fingerprint density at radius 2 is 1.91 bits per heavy atom. The molecule has 3 rings (SSSR count). The minimum Gasteiger partial charge on any atom is -0.436 e. The number of benzene rings is 2. The standard InChI is InChI=1S/C15H14N2O4S/c1-17(2)11-5-3-10(4-6-11)15-16-13-9-12(21-22(18)19)7-8-14(13)20-15/h3-9H,1-2H3,(H,18,19). The summed E-state index contributed by atoms with van der Waals surface area (Å²) in [5.41, 5.74) is 3.09. The Morgan fingerprint density at radius 1 is 1.18 bits per heavy atom. The zero-order valence-electron chi connectivity index (χ0n) is 12.0. The number of nitrogens with zero attached hydrogens (tertiary/aromatic N) is 2. The number of fused-ring (bicyclic) bond motifs is 1. The van der Waals surface area contributed by atoms with E-state index in [1.54, 1.807) is 18.2 Å². The first kappa shape index (κ1) is 14.6. The molecule has 0 aliphatic heterocycles. The van der Waals surface area contributed by atoms with Gasteiger partial charge >= 0.3 is 11.4 Å². The molecule has 0 saturated heterocycles. The van der Waals surface area contributed by atoms with Gasteiger partial charge in [-0.1, -0.05) is 0 Å². The van der Waals surface area contributed by atoms with Gasteiger partial charge in [-0.15, -0.1) is 0 Å². The van der Waals surface area contributed by atoms with Crippen molar-refractivity contribution in [3.63, 3.8) is 0 Å². The van der Waals surface area contributed by atoms with Gasteiger partial charge in [0.05, 0.1) is 0 Å². The fourth-order valence-electron chi connectivity index (χ4n) is 2.07. The number of aromatic nitrogens is 1. The highest BCUT2D eigenvalue weighted by Gasteiger charge is 2.10. The van der Waals surface area contributed by atoms with Gasteiger partial charge in [0, 0.05) is 31.4 Å². The van der Waals surface area contributed by atoms with Crippen LogP contribution in [0, 0.1) is 0 Å². The van der Waals surface area contributed by atoms with Gasteiger partial charge in [0.25, 0.3) is 0 Å². The summed E-state index contributed by atoms with van der Waals surface area (Å²) in [6, 6.07) is 12.6. The van der Waals surface area contributed by atoms with Gasteiger partial charge < -0.3 is 13.5 Å². The Morgan fingerprint density at radius 3 is 2.55 bits per heavy atom. The number of anilines is 1. The lowest BCUT2D eigenvalue weighted by Gasteiger charge is -2.11. The van der Waals surface area contributed by atoms with Crippen molar-refractivity contribution >= 4 is 28.1 Å². The average molecular weight is 318 g/mol. The van der Waals surface area contributed by atoms with E-state index in [2.05, 4.69) is 4.98 Å². The van der Waals surface area contributed by atoms with Gasteiger partial charge in [0.1, 0.15) is 11.3 Å². The van der Waals surface area contributed by atoms with Crippen LogP contribution in [0.2, 0.25) is 0 Å². The number of rotatable bonds is 4. The van der Waals surface area contributed by atoms with E-state index in [1.807, 2.05) is 43.3 Å². The van der Waals surface area contributed by atoms with Crippen molar-refractivity contribution in [2.45, 2.75) is 0 Å². The topological polar surface area (TPSA) is 75.8 Å². The lowest BCUT2D eigenvalue weighted by molar-refractivity contribution is 0.458. The summed E-state index contributed by atoms with van der Waals surface area (Å²) in [4.78, 5) is 6.39. The largest absolute Gasteiger partial charge is 0.436 e. The van der Waals surface area contributed by atoms with Crippen LogP contribution >= 0.6 is 0 Å². The van der Waals surface area contributed by atoms with Crippen LogP contribution in [0.4, 0.5) is 5.69 Å². The van der Waals surface area contributed by atoms with E-state index in [0.29, 0.717) is 17.0 Å². The minimum absolute atomic E-state index is 0.260. The predicted octanol–water partition coefficient (Wildman–Crippen LogP) is 3.08. The lowest BCUT2D eigenvalue weighted by atomic mass is 10.2. The summed E-state index contributed by atoms with van der Waals surface area (Å²) in [7, 11) is 3.95. The van der Waals surface area contributed by atoms with Gasteiger partial charge in [0.2, 0.25) is 5.89 Å². The van der Waals surface area contributed by atoms with Crippen LogP contribution in [-0.4, -0.2) is 27.8 Å². The fourth-order valence-corrected chi connectivity index (χ4v) is 2.34. The molecule has 0 aliphatic carbocycles. The molecule has 0 saturated carbocycles. The van der Waals surface area contributed by atoms with Crippen LogP contribution in [0.25, 0.3) is 22.6 Å². The molecular weight excluding hydrogens is 304 g/mol. The molecule has 0 amide bonds. The third-order valence-electron chi connectivity index (χ3n) is 3.16. The smallest absolute Gasteiger partial charge is 0.357 e. The molecule has 114 valence electrons. The highest BCUT2D eigenvalue weighted by molar-refractivity contribution is 7.74. The summed E-state index contributed by atoms with van der Waals surface area (Å²) < 4.78 is 29.8. The van der Waals surface area contributed by atoms with Crippen molar-refractivity contribution < 1.29 is 17.4 Å². The second kappa shape index (κ2) is 5.78. The second-order valence-corrected chi connectivity index (χ2v) is 5.49. The maximum absolute atomic E-state index is 10.7. The summed E-state index contributed by atoms with van der Waals surface area (Å²) in [5, 5.41) is 0. The van der Waals surface area contributed by atoms with Crippen molar-refractivity contribution in [2.75, 3.05) is 19.0 Å². The van der Waals surface area contributed by atoms with E-state index in [1.165, 1.54) is 0 Å². The summed E-state index contributed by atoms with van der Waals surface area (Å²) in [5.74, 6) is 0.749. The highest BCUT2D eigenvalue weighted by Crippen LogP contribution is 2.28. The summed E-state index contributed by atoms with van der Waals surface area (Å²) in [6.45, 7) is 0. The molecular formula is C15H14N2O4S. The molecule has 6 nitrogen and oxygen atoms in total. The zero-order valence-corrected chi connectivity index (χ0v) is 12.8. The van der Waals surface area contributed by atoms with Crippen LogP contribution in [0.15, 0.2) is 46.9 Å². The SMILES string of the molecule is CN(C)c1ccc(-c2nc3cc(OS(=O)O)ccc3o2)cc1. The molecule has 0 radical (unpaired) electrons. The van der Waals surface area contributed by atoms with Crippen LogP contribution < -0.4 is 9.08 Å². The van der Waals surface area contributed by atoms with E-state index in [-0.39, 0.29) is 5.75 Å². The number of hydrogen-bond donors (Lipinski definition) is 1. The van der Waals surface area contributed by atoms with Crippen LogP contribution in [0.1, 0.15) is 0 Å². The quantitative estimate of drug-likeness (QED) is 0.745. The Balaban J connectivity index is 1.95. The van der Waals surface area contributed by atoms with Crippen LogP contribution in [-0.2, 0) is 11.4 Å². The average Bonchev–Trinajstić information content (AvgIpc) is 2.90. The molecule has 2 aromatic carbocycles. The van der Waals surface area contributed by atoms with Crippen molar-refractivity contribution in [1.82, 2.24) is 4.98 Å². The third-order valence-corrected chi connectivity index (χ3v) is 3.49. The molecule has 7 heteroatoms. The normalized spacial score (nSPS) is 12.3. The Labute approximate surface area is 129 Å². The van der Waals surface area contributed by atoms with Gasteiger partial charge in [-0.25, -0.2) is 4.98 Å². The molecule has 1 unspecified atom stereocenters. The van der Waals surface area contributed by atoms with E-state index in [9.17, 15) is 4.21 Å². The van der Waals surface area contributed by atoms with Crippen molar-refractivity contribution in [1.29, 1.82) is 0 Å². The van der Waals surface area contributed by atoms with Crippen molar-refractivity contribution in [3.8, 4) is 17.2 Å². The van der Waals surface area contributed by atoms with E-state index in [4.69, 9.17) is 13.2 Å². The maximum Gasteiger partial charge on any atom is 0.357 e. The van der Waals surface area contributed by atoms with Gasteiger partial charge in [0.15, 0.2) is 5.58 Å². The molecule has 1 heterocycles. The molecule has 0 bridgehead atoms. The molecule has 22 heavy (non-hydrogen) atoms. The number of hydrogen-bond acceptors (Lipinski definition) is 5. The zero-order chi connectivity index (χ0) is 15.7. The first-order valence-electron chi connectivity index (χ1n) is 6.50. The van der Waals surface area contributed by atoms with Gasteiger partial charge in [-0.05, 0) is 36.4 Å². The van der Waals surface area contributed by atoms with Gasteiger partial charge in [-0.2, -0.15) is 4.21 Å². The Hall–Kier alpha value is -2.38. The van der Waals surface area contributed by atoms with Crippen molar-refractivity contribution in [3.05, 3.63) is 42.5 Å². The lowest BCUT2D eigenvalue weighted by Crippen LogP contribution is -2.07. The van der Waals surface area contributed by atoms with Crippen LogP contribution in [0.3, 0.4) is 0 Å². The van der Waals surface area contributed by atoms with E-state index in [0.717, 1.165) is 11.3 Å².